The van der Waals surface area contributed by atoms with Crippen LogP contribution in [0, 0.1) is 0 Å². The molecule has 0 radical (unpaired) electrons. The fourth-order valence-corrected chi connectivity index (χ4v) is 2.16. The second-order valence-corrected chi connectivity index (χ2v) is 5.20. The first-order chi connectivity index (χ1) is 10.4. The molecule has 0 N–H and O–H groups in total. The number of benzene rings is 1. The minimum Gasteiger partial charge on any atom is -0.435 e. The lowest BCUT2D eigenvalue weighted by Crippen LogP contribution is -2.56. The average molecular weight is 342 g/mol. The summed E-state index contributed by atoms with van der Waals surface area (Å²) in [7, 11) is 0. The molecule has 1 aromatic rings. The molecule has 1 rings (SSSR count). The maximum Gasteiger partial charge on any atom is 0.442 e. The van der Waals surface area contributed by atoms with Gasteiger partial charge in [-0.25, -0.2) is 0 Å². The predicted octanol–water partition coefficient (Wildman–Crippen LogP) is 5.08. The minimum absolute atomic E-state index is 0.0241. The zero-order valence-corrected chi connectivity index (χ0v) is 12.7. The first-order valence-electron chi connectivity index (χ1n) is 6.80. The van der Waals surface area contributed by atoms with Crippen molar-refractivity contribution in [3.8, 4) is 0 Å². The first kappa shape index (κ1) is 19.3. The number of rotatable bonds is 4. The maximum absolute atomic E-state index is 13.2. The first-order valence-corrected chi connectivity index (χ1v) is 6.80. The van der Waals surface area contributed by atoms with Crippen LogP contribution in [0.2, 0.25) is 0 Å². The van der Waals surface area contributed by atoms with Gasteiger partial charge in [0.25, 0.3) is 0 Å². The molecule has 1 unspecified atom stereocenters. The second kappa shape index (κ2) is 6.41. The number of halogens is 6. The van der Waals surface area contributed by atoms with Crippen LogP contribution in [-0.2, 0) is 15.1 Å². The fraction of sp³-hybridized carbons (Fsp3) is 0.533. The van der Waals surface area contributed by atoms with Crippen molar-refractivity contribution >= 4 is 5.97 Å². The van der Waals surface area contributed by atoms with Crippen molar-refractivity contribution in [3.63, 3.8) is 0 Å². The summed E-state index contributed by atoms with van der Waals surface area (Å²) in [4.78, 5) is 10.9. The lowest BCUT2D eigenvalue weighted by Gasteiger charge is -2.36. The second-order valence-electron chi connectivity index (χ2n) is 5.20. The number of alkyl halides is 6. The smallest absolute Gasteiger partial charge is 0.435 e. The van der Waals surface area contributed by atoms with Crippen LogP contribution < -0.4 is 0 Å². The molecule has 0 aliphatic rings. The molecule has 0 heterocycles. The lowest BCUT2D eigenvalue weighted by molar-refractivity contribution is -0.377. The van der Waals surface area contributed by atoms with Gasteiger partial charge in [0.2, 0.25) is 0 Å². The molecular weight excluding hydrogens is 326 g/mol. The molecule has 0 aliphatic carbocycles. The molecule has 0 saturated heterocycles. The highest BCUT2D eigenvalue weighted by atomic mass is 19.4. The Hall–Kier alpha value is -1.73. The van der Waals surface area contributed by atoms with Gasteiger partial charge in [-0.2, -0.15) is 26.3 Å². The summed E-state index contributed by atoms with van der Waals surface area (Å²) >= 11 is 0. The van der Waals surface area contributed by atoms with Gasteiger partial charge in [-0.1, -0.05) is 38.1 Å². The van der Waals surface area contributed by atoms with Gasteiger partial charge >= 0.3 is 23.9 Å². The molecule has 130 valence electrons. The molecule has 1 atom stereocenters. The Bertz CT molecular complexity index is 531. The van der Waals surface area contributed by atoms with E-state index in [1.54, 1.807) is 6.92 Å². The van der Waals surface area contributed by atoms with E-state index >= 15 is 0 Å². The van der Waals surface area contributed by atoms with E-state index in [0.29, 0.717) is 31.0 Å². The quantitative estimate of drug-likeness (QED) is 0.563. The molecule has 0 fully saturated rings. The largest absolute Gasteiger partial charge is 0.442 e. The Morgan fingerprint density at radius 1 is 1.04 bits per heavy atom. The van der Waals surface area contributed by atoms with E-state index in [4.69, 9.17) is 0 Å². The Labute approximate surface area is 129 Å². The van der Waals surface area contributed by atoms with Crippen molar-refractivity contribution in [1.82, 2.24) is 0 Å². The van der Waals surface area contributed by atoms with Crippen molar-refractivity contribution in [2.24, 2.45) is 0 Å². The summed E-state index contributed by atoms with van der Waals surface area (Å²) in [6, 6.07) is 3.76. The van der Waals surface area contributed by atoms with Crippen LogP contribution in [0.15, 0.2) is 24.3 Å². The maximum atomic E-state index is 13.2. The van der Waals surface area contributed by atoms with Crippen LogP contribution in [0.3, 0.4) is 0 Å². The van der Waals surface area contributed by atoms with E-state index in [1.807, 2.05) is 6.92 Å². The number of esters is 1. The zero-order chi connectivity index (χ0) is 18.1. The van der Waals surface area contributed by atoms with Gasteiger partial charge in [0.1, 0.15) is 0 Å². The van der Waals surface area contributed by atoms with Gasteiger partial charge in [-0.05, 0) is 17.9 Å². The summed E-state index contributed by atoms with van der Waals surface area (Å²) < 4.78 is 83.3. The molecule has 23 heavy (non-hydrogen) atoms. The summed E-state index contributed by atoms with van der Waals surface area (Å²) in [6.07, 6.45) is -11.0. The van der Waals surface area contributed by atoms with E-state index in [2.05, 4.69) is 4.74 Å². The number of hydrogen-bond donors (Lipinski definition) is 0. The molecule has 1 aromatic carbocycles. The minimum atomic E-state index is -5.85. The number of carbonyl (C=O) groups excluding carboxylic acids is 1. The van der Waals surface area contributed by atoms with E-state index in [-0.39, 0.29) is 5.92 Å². The Morgan fingerprint density at radius 2 is 1.48 bits per heavy atom. The summed E-state index contributed by atoms with van der Waals surface area (Å²) in [6.45, 7) is 4.13. The third kappa shape index (κ3) is 3.61. The van der Waals surface area contributed by atoms with Gasteiger partial charge in [0, 0.05) is 12.5 Å². The summed E-state index contributed by atoms with van der Waals surface area (Å²) in [5.74, 6) is -1.70. The van der Waals surface area contributed by atoms with Gasteiger partial charge < -0.3 is 4.74 Å². The van der Waals surface area contributed by atoms with E-state index in [9.17, 15) is 31.1 Å². The van der Waals surface area contributed by atoms with Crippen molar-refractivity contribution in [3.05, 3.63) is 35.4 Å². The Morgan fingerprint density at radius 3 is 1.78 bits per heavy atom. The monoisotopic (exact) mass is 342 g/mol. The van der Waals surface area contributed by atoms with Crippen molar-refractivity contribution in [1.29, 1.82) is 0 Å². The molecule has 0 amide bonds. The molecule has 0 aromatic heterocycles. The average Bonchev–Trinajstić information content (AvgIpc) is 2.41. The molecule has 0 spiro atoms. The van der Waals surface area contributed by atoms with E-state index in [0.717, 1.165) is 0 Å². The standard InChI is InChI=1S/C15H16F6O2/c1-4-9(2)11-5-7-12(8-6-11)13(14(16,17)18,15(19,20)21)23-10(3)22/h5-9H,4H2,1-3H3. The topological polar surface area (TPSA) is 26.3 Å². The van der Waals surface area contributed by atoms with Crippen LogP contribution >= 0.6 is 0 Å². The van der Waals surface area contributed by atoms with Gasteiger partial charge in [0.15, 0.2) is 0 Å². The normalized spacial score (nSPS) is 14.5. The zero-order valence-electron chi connectivity index (χ0n) is 12.7. The van der Waals surface area contributed by atoms with Crippen molar-refractivity contribution < 1.29 is 35.9 Å². The van der Waals surface area contributed by atoms with Crippen LogP contribution in [-0.4, -0.2) is 18.3 Å². The molecular formula is C15H16F6O2. The van der Waals surface area contributed by atoms with Crippen molar-refractivity contribution in [2.75, 3.05) is 0 Å². The van der Waals surface area contributed by atoms with Gasteiger partial charge in [-0.3, -0.25) is 4.79 Å². The number of hydrogen-bond acceptors (Lipinski definition) is 2. The summed E-state index contributed by atoms with van der Waals surface area (Å²) in [5, 5.41) is 0. The highest BCUT2D eigenvalue weighted by Crippen LogP contribution is 2.53. The Kier molecular flexibility index (Phi) is 5.38. The molecule has 0 saturated carbocycles. The van der Waals surface area contributed by atoms with E-state index < -0.39 is 29.5 Å². The highest BCUT2D eigenvalue weighted by molar-refractivity contribution is 5.67. The lowest BCUT2D eigenvalue weighted by atomic mass is 9.89. The number of ether oxygens (including phenoxy) is 1. The van der Waals surface area contributed by atoms with Crippen LogP contribution in [0.25, 0.3) is 0 Å². The predicted molar refractivity (Wildman–Crippen MR) is 70.7 cm³/mol. The molecule has 0 bridgehead atoms. The molecule has 0 aliphatic heterocycles. The van der Waals surface area contributed by atoms with Gasteiger partial charge in [0.05, 0.1) is 0 Å². The van der Waals surface area contributed by atoms with E-state index in [1.165, 1.54) is 12.1 Å². The third-order valence-electron chi connectivity index (χ3n) is 3.59. The molecule has 8 heteroatoms. The fourth-order valence-electron chi connectivity index (χ4n) is 2.16. The SMILES string of the molecule is CCC(C)c1ccc(C(OC(C)=O)(C(F)(F)F)C(F)(F)F)cc1. The number of carbonyl (C=O) groups is 1. The van der Waals surface area contributed by atoms with Crippen LogP contribution in [0.1, 0.15) is 44.2 Å². The van der Waals surface area contributed by atoms with Crippen LogP contribution in [0.5, 0.6) is 0 Å². The molecule has 2 nitrogen and oxygen atoms in total. The highest BCUT2D eigenvalue weighted by Gasteiger charge is 2.75. The van der Waals surface area contributed by atoms with Gasteiger partial charge in [-0.15, -0.1) is 0 Å². The van der Waals surface area contributed by atoms with Crippen molar-refractivity contribution in [2.45, 2.75) is 51.1 Å². The summed E-state index contributed by atoms with van der Waals surface area (Å²) in [5.41, 5.74) is -5.27. The Balaban J connectivity index is 3.54. The van der Waals surface area contributed by atoms with Crippen LogP contribution in [0.4, 0.5) is 26.3 Å². The third-order valence-corrected chi connectivity index (χ3v) is 3.59.